The minimum Gasteiger partial charge on any atom is -0.374 e. The second-order valence-corrected chi connectivity index (χ2v) is 7.51. The highest BCUT2D eigenvalue weighted by molar-refractivity contribution is 5.01. The Kier molecular flexibility index (Phi) is 4.31. The van der Waals surface area contributed by atoms with E-state index < -0.39 is 0 Å². The van der Waals surface area contributed by atoms with E-state index in [4.69, 9.17) is 10.5 Å². The first kappa shape index (κ1) is 15.0. The molecule has 0 saturated heterocycles. The van der Waals surface area contributed by atoms with Crippen molar-refractivity contribution in [3.05, 3.63) is 0 Å². The molecule has 2 heteroatoms. The zero-order valence-corrected chi connectivity index (χ0v) is 12.6. The van der Waals surface area contributed by atoms with Gasteiger partial charge >= 0.3 is 0 Å². The molecule has 1 aliphatic carbocycles. The molecular weight excluding hydrogens is 210 g/mol. The summed E-state index contributed by atoms with van der Waals surface area (Å²) in [5.41, 5.74) is 6.98. The lowest BCUT2D eigenvalue weighted by Gasteiger charge is -2.50. The molecule has 0 aromatic carbocycles. The average molecular weight is 241 g/mol. The Hall–Kier alpha value is -0.0800. The van der Waals surface area contributed by atoms with Gasteiger partial charge in [0.1, 0.15) is 0 Å². The third kappa shape index (κ3) is 3.45. The number of rotatable bonds is 3. The van der Waals surface area contributed by atoms with Gasteiger partial charge in [-0.05, 0) is 43.4 Å². The smallest absolute Gasteiger partial charge is 0.0838 e. The highest BCUT2D eigenvalue weighted by Gasteiger charge is 2.47. The van der Waals surface area contributed by atoms with Crippen LogP contribution in [0.2, 0.25) is 0 Å². The van der Waals surface area contributed by atoms with Gasteiger partial charge in [0.2, 0.25) is 0 Å². The van der Waals surface area contributed by atoms with Crippen molar-refractivity contribution in [1.29, 1.82) is 0 Å². The molecule has 1 fully saturated rings. The molecule has 0 aromatic heterocycles. The van der Waals surface area contributed by atoms with E-state index in [9.17, 15) is 0 Å². The highest BCUT2D eigenvalue weighted by atomic mass is 16.5. The lowest BCUT2D eigenvalue weighted by molar-refractivity contribution is -0.118. The number of ether oxygens (including phenoxy) is 1. The molecule has 0 radical (unpaired) electrons. The van der Waals surface area contributed by atoms with Crippen molar-refractivity contribution >= 4 is 0 Å². The van der Waals surface area contributed by atoms with E-state index in [2.05, 4.69) is 41.5 Å². The van der Waals surface area contributed by atoms with E-state index in [1.54, 1.807) is 0 Å². The molecule has 0 bridgehead atoms. The van der Waals surface area contributed by atoms with Crippen LogP contribution in [-0.4, -0.2) is 18.2 Å². The maximum absolute atomic E-state index is 6.51. The monoisotopic (exact) mass is 241 g/mol. The second kappa shape index (κ2) is 4.89. The lowest BCUT2D eigenvalue weighted by atomic mass is 9.64. The Balaban J connectivity index is 2.85. The van der Waals surface area contributed by atoms with Gasteiger partial charge in [-0.25, -0.2) is 0 Å². The molecule has 1 saturated carbocycles. The summed E-state index contributed by atoms with van der Waals surface area (Å²) in [6.07, 6.45) is 4.64. The molecule has 0 heterocycles. The van der Waals surface area contributed by atoms with Gasteiger partial charge in [-0.2, -0.15) is 0 Å². The van der Waals surface area contributed by atoms with Crippen LogP contribution < -0.4 is 5.73 Å². The first-order valence-electron chi connectivity index (χ1n) is 7.02. The van der Waals surface area contributed by atoms with Crippen molar-refractivity contribution in [1.82, 2.24) is 0 Å². The van der Waals surface area contributed by atoms with Gasteiger partial charge in [-0.1, -0.05) is 34.6 Å². The summed E-state index contributed by atoms with van der Waals surface area (Å²) >= 11 is 0. The van der Waals surface area contributed by atoms with Crippen molar-refractivity contribution < 1.29 is 4.74 Å². The molecule has 1 rings (SSSR count). The van der Waals surface area contributed by atoms with E-state index in [0.717, 1.165) is 19.4 Å². The van der Waals surface area contributed by atoms with Crippen molar-refractivity contribution in [2.45, 2.75) is 78.9 Å². The summed E-state index contributed by atoms with van der Waals surface area (Å²) in [4.78, 5) is 0. The van der Waals surface area contributed by atoms with Crippen molar-refractivity contribution in [3.8, 4) is 0 Å². The Morgan fingerprint density at radius 2 is 1.59 bits per heavy atom. The quantitative estimate of drug-likeness (QED) is 0.817. The minimum absolute atomic E-state index is 0.0947. The van der Waals surface area contributed by atoms with Crippen LogP contribution in [0.1, 0.15) is 67.2 Å². The molecule has 2 N–H and O–H groups in total. The Bertz CT molecular complexity index is 242. The topological polar surface area (TPSA) is 35.2 Å². The fraction of sp³-hybridized carbons (Fsp3) is 1.00. The SMILES string of the molecule is CCOC1(C(N)C(C)(C)C)CCC(C)(C)CC1. The summed E-state index contributed by atoms with van der Waals surface area (Å²) in [7, 11) is 0. The van der Waals surface area contributed by atoms with Gasteiger partial charge in [0, 0.05) is 12.6 Å². The fourth-order valence-electron chi connectivity index (χ4n) is 2.97. The molecular formula is C15H31NO. The first-order valence-corrected chi connectivity index (χ1v) is 7.02. The summed E-state index contributed by atoms with van der Waals surface area (Å²) in [6.45, 7) is 14.2. The van der Waals surface area contributed by atoms with Crippen LogP contribution in [0.15, 0.2) is 0 Å². The van der Waals surface area contributed by atoms with Gasteiger partial charge in [0.15, 0.2) is 0 Å². The molecule has 0 aromatic rings. The van der Waals surface area contributed by atoms with Gasteiger partial charge in [0.05, 0.1) is 5.60 Å². The van der Waals surface area contributed by atoms with Crippen LogP contribution >= 0.6 is 0 Å². The summed E-state index contributed by atoms with van der Waals surface area (Å²) < 4.78 is 6.13. The average Bonchev–Trinajstić information content (AvgIpc) is 2.20. The number of hydrogen-bond donors (Lipinski definition) is 1. The fourth-order valence-corrected chi connectivity index (χ4v) is 2.97. The highest BCUT2D eigenvalue weighted by Crippen LogP contribution is 2.46. The molecule has 2 nitrogen and oxygen atoms in total. The van der Waals surface area contributed by atoms with Crippen LogP contribution in [0, 0.1) is 10.8 Å². The molecule has 102 valence electrons. The molecule has 1 unspecified atom stereocenters. The second-order valence-electron chi connectivity index (χ2n) is 7.51. The third-order valence-electron chi connectivity index (χ3n) is 4.38. The summed E-state index contributed by atoms with van der Waals surface area (Å²) in [5, 5.41) is 0. The standard InChI is InChI=1S/C15H31NO/c1-7-17-15(12(16)13(2,3)4)10-8-14(5,6)9-11-15/h12H,7-11,16H2,1-6H3. The zero-order valence-electron chi connectivity index (χ0n) is 12.6. The first-order chi connectivity index (χ1) is 7.63. The molecule has 1 atom stereocenters. The van der Waals surface area contributed by atoms with Crippen LogP contribution in [0.4, 0.5) is 0 Å². The van der Waals surface area contributed by atoms with E-state index >= 15 is 0 Å². The normalized spacial score (nSPS) is 25.6. The maximum Gasteiger partial charge on any atom is 0.0838 e. The van der Waals surface area contributed by atoms with E-state index in [-0.39, 0.29) is 17.1 Å². The summed E-state index contributed by atoms with van der Waals surface area (Å²) in [6, 6.07) is 0.117. The number of hydrogen-bond acceptors (Lipinski definition) is 2. The van der Waals surface area contributed by atoms with Gasteiger partial charge in [-0.15, -0.1) is 0 Å². The Labute approximate surface area is 107 Å². The van der Waals surface area contributed by atoms with E-state index in [1.807, 2.05) is 0 Å². The van der Waals surface area contributed by atoms with Gasteiger partial charge in [-0.3, -0.25) is 0 Å². The van der Waals surface area contributed by atoms with Crippen LogP contribution in [-0.2, 0) is 4.74 Å². The van der Waals surface area contributed by atoms with E-state index in [0.29, 0.717) is 5.41 Å². The largest absolute Gasteiger partial charge is 0.374 e. The van der Waals surface area contributed by atoms with E-state index in [1.165, 1.54) is 12.8 Å². The Morgan fingerprint density at radius 3 is 1.94 bits per heavy atom. The third-order valence-corrected chi connectivity index (χ3v) is 4.38. The number of nitrogens with two attached hydrogens (primary N) is 1. The predicted molar refractivity (Wildman–Crippen MR) is 74.0 cm³/mol. The van der Waals surface area contributed by atoms with Crippen LogP contribution in [0.5, 0.6) is 0 Å². The van der Waals surface area contributed by atoms with Crippen molar-refractivity contribution in [2.75, 3.05) is 6.61 Å². The molecule has 0 aliphatic heterocycles. The zero-order chi connectivity index (χ0) is 13.3. The van der Waals surface area contributed by atoms with Crippen LogP contribution in [0.25, 0.3) is 0 Å². The van der Waals surface area contributed by atoms with Gasteiger partial charge in [0.25, 0.3) is 0 Å². The summed E-state index contributed by atoms with van der Waals surface area (Å²) in [5.74, 6) is 0. The van der Waals surface area contributed by atoms with Crippen LogP contribution in [0.3, 0.4) is 0 Å². The molecule has 0 spiro atoms. The van der Waals surface area contributed by atoms with Crippen molar-refractivity contribution in [3.63, 3.8) is 0 Å². The molecule has 17 heavy (non-hydrogen) atoms. The molecule has 0 amide bonds. The molecule has 1 aliphatic rings. The Morgan fingerprint density at radius 1 is 1.12 bits per heavy atom. The van der Waals surface area contributed by atoms with Crippen molar-refractivity contribution in [2.24, 2.45) is 16.6 Å². The lowest BCUT2D eigenvalue weighted by Crippen LogP contribution is -2.58. The predicted octanol–water partition coefficient (Wildman–Crippen LogP) is 3.74. The van der Waals surface area contributed by atoms with Gasteiger partial charge < -0.3 is 10.5 Å². The minimum atomic E-state index is -0.0947. The maximum atomic E-state index is 6.51.